The van der Waals surface area contributed by atoms with Gasteiger partial charge in [-0.2, -0.15) is 0 Å². The van der Waals surface area contributed by atoms with Crippen molar-refractivity contribution in [1.29, 1.82) is 0 Å². The molecule has 1 aliphatic heterocycles. The van der Waals surface area contributed by atoms with Crippen LogP contribution in [-0.2, 0) is 13.0 Å². The predicted octanol–water partition coefficient (Wildman–Crippen LogP) is 3.68. The van der Waals surface area contributed by atoms with Crippen molar-refractivity contribution in [3.05, 3.63) is 29.3 Å². The number of rotatable bonds is 5. The lowest BCUT2D eigenvalue weighted by atomic mass is 10.00. The van der Waals surface area contributed by atoms with E-state index < -0.39 is 0 Å². The molecule has 2 saturated carbocycles. The lowest BCUT2D eigenvalue weighted by Gasteiger charge is -2.18. The maximum absolute atomic E-state index is 5.95. The number of fused-ring (bicyclic) bond motifs is 1. The van der Waals surface area contributed by atoms with Crippen molar-refractivity contribution in [3.63, 3.8) is 0 Å². The third-order valence-electron chi connectivity index (χ3n) is 4.93. The van der Waals surface area contributed by atoms with Crippen LogP contribution in [0.25, 0.3) is 0 Å². The molecule has 1 heterocycles. The highest BCUT2D eigenvalue weighted by Crippen LogP contribution is 2.44. The van der Waals surface area contributed by atoms with Gasteiger partial charge in [0.2, 0.25) is 0 Å². The quantitative estimate of drug-likeness (QED) is 0.882. The van der Waals surface area contributed by atoms with E-state index in [0.29, 0.717) is 0 Å². The van der Waals surface area contributed by atoms with E-state index in [9.17, 15) is 0 Å². The fraction of sp³-hybridized carbons (Fsp3) is 0.667. The van der Waals surface area contributed by atoms with Crippen molar-refractivity contribution >= 4 is 0 Å². The van der Waals surface area contributed by atoms with E-state index in [1.807, 2.05) is 0 Å². The van der Waals surface area contributed by atoms with E-state index in [4.69, 9.17) is 4.74 Å². The first kappa shape index (κ1) is 12.7. The Labute approximate surface area is 121 Å². The summed E-state index contributed by atoms with van der Waals surface area (Å²) >= 11 is 0. The Bertz CT molecular complexity index is 502. The van der Waals surface area contributed by atoms with Gasteiger partial charge in [0.1, 0.15) is 11.4 Å². The lowest BCUT2D eigenvalue weighted by Crippen LogP contribution is -2.32. The fourth-order valence-corrected chi connectivity index (χ4v) is 3.64. The standard InChI is InChI=1S/C18H25NO/c1-18(2)10-15-9-12(3-8-16(15)20-18)11-19-17(13-4-5-13)14-6-7-14/h3,8-9,13-14,17,19H,4-7,10-11H2,1-2H3. The van der Waals surface area contributed by atoms with Crippen molar-refractivity contribution in [3.8, 4) is 5.75 Å². The van der Waals surface area contributed by atoms with Gasteiger partial charge in [-0.15, -0.1) is 0 Å². The molecule has 3 aliphatic rings. The molecule has 2 heteroatoms. The Morgan fingerprint density at radius 3 is 2.55 bits per heavy atom. The Morgan fingerprint density at radius 1 is 1.20 bits per heavy atom. The molecule has 0 saturated heterocycles. The van der Waals surface area contributed by atoms with E-state index >= 15 is 0 Å². The molecule has 1 aromatic rings. The van der Waals surface area contributed by atoms with Crippen LogP contribution in [0, 0.1) is 11.8 Å². The molecule has 0 radical (unpaired) electrons. The second kappa shape index (κ2) is 4.49. The van der Waals surface area contributed by atoms with Crippen LogP contribution >= 0.6 is 0 Å². The first-order valence-corrected chi connectivity index (χ1v) is 8.15. The molecule has 4 rings (SSSR count). The highest BCUT2D eigenvalue weighted by molar-refractivity contribution is 5.41. The number of hydrogen-bond acceptors (Lipinski definition) is 2. The number of nitrogens with one attached hydrogen (secondary N) is 1. The molecular formula is C18H25NO. The topological polar surface area (TPSA) is 21.3 Å². The largest absolute Gasteiger partial charge is 0.487 e. The molecule has 0 amide bonds. The number of benzene rings is 1. The number of ether oxygens (including phenoxy) is 1. The fourth-order valence-electron chi connectivity index (χ4n) is 3.64. The van der Waals surface area contributed by atoms with Crippen LogP contribution < -0.4 is 10.1 Å². The Balaban J connectivity index is 1.42. The maximum atomic E-state index is 5.95. The summed E-state index contributed by atoms with van der Waals surface area (Å²) in [7, 11) is 0. The average molecular weight is 271 g/mol. The lowest BCUT2D eigenvalue weighted by molar-refractivity contribution is 0.138. The smallest absolute Gasteiger partial charge is 0.123 e. The molecule has 0 aromatic heterocycles. The van der Waals surface area contributed by atoms with E-state index in [-0.39, 0.29) is 5.60 Å². The van der Waals surface area contributed by atoms with Gasteiger partial charge in [-0.3, -0.25) is 0 Å². The molecule has 2 nitrogen and oxygen atoms in total. The third-order valence-corrected chi connectivity index (χ3v) is 4.93. The van der Waals surface area contributed by atoms with Crippen molar-refractivity contribution < 1.29 is 4.74 Å². The number of hydrogen-bond donors (Lipinski definition) is 1. The summed E-state index contributed by atoms with van der Waals surface area (Å²) in [6.45, 7) is 5.35. The summed E-state index contributed by atoms with van der Waals surface area (Å²) in [5, 5.41) is 3.83. The van der Waals surface area contributed by atoms with Crippen LogP contribution in [-0.4, -0.2) is 11.6 Å². The van der Waals surface area contributed by atoms with E-state index in [0.717, 1.165) is 36.6 Å². The van der Waals surface area contributed by atoms with E-state index in [1.54, 1.807) is 0 Å². The van der Waals surface area contributed by atoms with Gasteiger partial charge in [-0.05, 0) is 68.6 Å². The van der Waals surface area contributed by atoms with Crippen LogP contribution in [0.4, 0.5) is 0 Å². The average Bonchev–Trinajstić information content (AvgIpc) is 3.25. The van der Waals surface area contributed by atoms with Gasteiger partial charge in [0.05, 0.1) is 0 Å². The Hall–Kier alpha value is -1.02. The van der Waals surface area contributed by atoms with Gasteiger partial charge < -0.3 is 10.1 Å². The minimum Gasteiger partial charge on any atom is -0.487 e. The van der Waals surface area contributed by atoms with Crippen LogP contribution in [0.15, 0.2) is 18.2 Å². The zero-order valence-electron chi connectivity index (χ0n) is 12.6. The van der Waals surface area contributed by atoms with Gasteiger partial charge in [0.25, 0.3) is 0 Å². The SMILES string of the molecule is CC1(C)Cc2cc(CNC(C3CC3)C3CC3)ccc2O1. The summed E-state index contributed by atoms with van der Waals surface area (Å²) < 4.78 is 5.95. The molecule has 20 heavy (non-hydrogen) atoms. The minimum atomic E-state index is -0.0288. The van der Waals surface area contributed by atoms with Gasteiger partial charge in [0.15, 0.2) is 0 Å². The second-order valence-corrected chi connectivity index (χ2v) is 7.56. The summed E-state index contributed by atoms with van der Waals surface area (Å²) in [6.07, 6.45) is 6.81. The molecule has 0 atom stereocenters. The van der Waals surface area contributed by atoms with Crippen molar-refractivity contribution in [1.82, 2.24) is 5.32 Å². The second-order valence-electron chi connectivity index (χ2n) is 7.56. The summed E-state index contributed by atoms with van der Waals surface area (Å²) in [4.78, 5) is 0. The van der Waals surface area contributed by atoms with E-state index in [2.05, 4.69) is 37.4 Å². The van der Waals surface area contributed by atoms with Crippen LogP contribution in [0.5, 0.6) is 5.75 Å². The monoisotopic (exact) mass is 271 g/mol. The first-order chi connectivity index (χ1) is 9.61. The highest BCUT2D eigenvalue weighted by atomic mass is 16.5. The molecule has 0 spiro atoms. The first-order valence-electron chi connectivity index (χ1n) is 8.15. The van der Waals surface area contributed by atoms with Gasteiger partial charge in [-0.1, -0.05) is 12.1 Å². The molecule has 2 aliphatic carbocycles. The molecule has 1 aromatic carbocycles. The highest BCUT2D eigenvalue weighted by Gasteiger charge is 2.41. The molecule has 0 unspecified atom stereocenters. The van der Waals surface area contributed by atoms with Gasteiger partial charge in [-0.25, -0.2) is 0 Å². The molecule has 0 bridgehead atoms. The minimum absolute atomic E-state index is 0.0288. The maximum Gasteiger partial charge on any atom is 0.123 e. The molecule has 108 valence electrons. The summed E-state index contributed by atoms with van der Waals surface area (Å²) in [5.41, 5.74) is 2.76. The Kier molecular flexibility index (Phi) is 2.85. The predicted molar refractivity (Wildman–Crippen MR) is 80.9 cm³/mol. The van der Waals surface area contributed by atoms with Crippen molar-refractivity contribution in [2.45, 2.75) is 64.1 Å². The van der Waals surface area contributed by atoms with Crippen LogP contribution in [0.1, 0.15) is 50.7 Å². The van der Waals surface area contributed by atoms with E-state index in [1.165, 1.54) is 36.8 Å². The zero-order valence-corrected chi connectivity index (χ0v) is 12.6. The van der Waals surface area contributed by atoms with Crippen molar-refractivity contribution in [2.75, 3.05) is 0 Å². The molecular weight excluding hydrogens is 246 g/mol. The van der Waals surface area contributed by atoms with Crippen LogP contribution in [0.3, 0.4) is 0 Å². The molecule has 2 fully saturated rings. The molecule has 1 N–H and O–H groups in total. The Morgan fingerprint density at radius 2 is 1.90 bits per heavy atom. The van der Waals surface area contributed by atoms with Crippen LogP contribution in [0.2, 0.25) is 0 Å². The summed E-state index contributed by atoms with van der Waals surface area (Å²) in [6, 6.07) is 7.51. The van der Waals surface area contributed by atoms with Gasteiger partial charge in [0, 0.05) is 19.0 Å². The van der Waals surface area contributed by atoms with Crippen molar-refractivity contribution in [2.24, 2.45) is 11.8 Å². The third kappa shape index (κ3) is 2.58. The van der Waals surface area contributed by atoms with Gasteiger partial charge >= 0.3 is 0 Å². The zero-order chi connectivity index (χ0) is 13.7. The summed E-state index contributed by atoms with van der Waals surface area (Å²) in [5.74, 6) is 3.03. The normalized spacial score (nSPS) is 23.8.